The molecule has 0 spiro atoms. The SMILES string of the molecule is COC(=O)Nc1nc2cnc(Br)cc2[nH]1. The number of aromatic nitrogens is 3. The zero-order chi connectivity index (χ0) is 10.8. The normalized spacial score (nSPS) is 10.3. The van der Waals surface area contributed by atoms with Crippen LogP contribution in [0.25, 0.3) is 11.0 Å². The predicted molar refractivity (Wildman–Crippen MR) is 57.6 cm³/mol. The van der Waals surface area contributed by atoms with Gasteiger partial charge in [0.2, 0.25) is 5.95 Å². The van der Waals surface area contributed by atoms with Gasteiger partial charge in [0.05, 0.1) is 18.8 Å². The summed E-state index contributed by atoms with van der Waals surface area (Å²) < 4.78 is 5.14. The van der Waals surface area contributed by atoms with Gasteiger partial charge in [0.15, 0.2) is 0 Å². The second kappa shape index (κ2) is 3.85. The monoisotopic (exact) mass is 270 g/mol. The number of methoxy groups -OCH3 is 1. The molecule has 7 heteroatoms. The number of hydrogen-bond acceptors (Lipinski definition) is 4. The highest BCUT2D eigenvalue weighted by atomic mass is 79.9. The molecule has 0 saturated carbocycles. The Hall–Kier alpha value is -1.63. The maximum Gasteiger partial charge on any atom is 0.413 e. The number of aromatic amines is 1. The molecule has 0 saturated heterocycles. The van der Waals surface area contributed by atoms with Crippen molar-refractivity contribution >= 4 is 39.0 Å². The van der Waals surface area contributed by atoms with Crippen LogP contribution in [0.15, 0.2) is 16.9 Å². The van der Waals surface area contributed by atoms with Crippen molar-refractivity contribution < 1.29 is 9.53 Å². The van der Waals surface area contributed by atoms with Gasteiger partial charge in [-0.25, -0.2) is 14.8 Å². The van der Waals surface area contributed by atoms with Gasteiger partial charge in [-0.3, -0.25) is 5.32 Å². The zero-order valence-corrected chi connectivity index (χ0v) is 9.33. The molecule has 0 aliphatic carbocycles. The van der Waals surface area contributed by atoms with E-state index < -0.39 is 6.09 Å². The summed E-state index contributed by atoms with van der Waals surface area (Å²) in [5.74, 6) is 0.330. The smallest absolute Gasteiger partial charge is 0.413 e. The van der Waals surface area contributed by atoms with Gasteiger partial charge in [-0.2, -0.15) is 0 Å². The van der Waals surface area contributed by atoms with Crippen molar-refractivity contribution in [2.45, 2.75) is 0 Å². The lowest BCUT2D eigenvalue weighted by Gasteiger charge is -1.96. The van der Waals surface area contributed by atoms with Crippen molar-refractivity contribution in [3.63, 3.8) is 0 Å². The van der Waals surface area contributed by atoms with E-state index in [0.29, 0.717) is 16.1 Å². The molecule has 2 heterocycles. The van der Waals surface area contributed by atoms with Crippen molar-refractivity contribution in [3.05, 3.63) is 16.9 Å². The summed E-state index contributed by atoms with van der Waals surface area (Å²) in [5, 5.41) is 2.43. The van der Waals surface area contributed by atoms with Crippen LogP contribution in [0.5, 0.6) is 0 Å². The van der Waals surface area contributed by atoms with Gasteiger partial charge in [0.25, 0.3) is 0 Å². The minimum absolute atomic E-state index is 0.330. The Bertz CT molecular complexity index is 510. The van der Waals surface area contributed by atoms with E-state index in [9.17, 15) is 4.79 Å². The minimum atomic E-state index is -0.568. The first kappa shape index (κ1) is 9.91. The van der Waals surface area contributed by atoms with E-state index in [1.165, 1.54) is 7.11 Å². The van der Waals surface area contributed by atoms with Crippen LogP contribution in [0.2, 0.25) is 0 Å². The number of amides is 1. The van der Waals surface area contributed by atoms with Crippen molar-refractivity contribution in [1.29, 1.82) is 0 Å². The van der Waals surface area contributed by atoms with Gasteiger partial charge in [-0.1, -0.05) is 0 Å². The van der Waals surface area contributed by atoms with Gasteiger partial charge in [0, 0.05) is 0 Å². The Labute approximate surface area is 93.2 Å². The van der Waals surface area contributed by atoms with Gasteiger partial charge in [-0.15, -0.1) is 0 Å². The zero-order valence-electron chi connectivity index (χ0n) is 7.74. The Balaban J connectivity index is 2.34. The van der Waals surface area contributed by atoms with Crippen molar-refractivity contribution in [3.8, 4) is 0 Å². The van der Waals surface area contributed by atoms with Crippen LogP contribution in [0.4, 0.5) is 10.7 Å². The highest BCUT2D eigenvalue weighted by molar-refractivity contribution is 9.10. The quantitative estimate of drug-likeness (QED) is 0.776. The number of nitrogens with one attached hydrogen (secondary N) is 2. The van der Waals surface area contributed by atoms with Crippen molar-refractivity contribution in [2.75, 3.05) is 12.4 Å². The summed E-state index contributed by atoms with van der Waals surface area (Å²) in [6, 6.07) is 1.77. The fraction of sp³-hybridized carbons (Fsp3) is 0.125. The maximum atomic E-state index is 10.9. The molecule has 0 fully saturated rings. The van der Waals surface area contributed by atoms with Crippen LogP contribution >= 0.6 is 15.9 Å². The number of halogens is 1. The lowest BCUT2D eigenvalue weighted by molar-refractivity contribution is 0.186. The highest BCUT2D eigenvalue weighted by Crippen LogP contribution is 2.16. The molecule has 0 aliphatic rings. The summed E-state index contributed by atoms with van der Waals surface area (Å²) >= 11 is 3.24. The van der Waals surface area contributed by atoms with Gasteiger partial charge < -0.3 is 9.72 Å². The molecule has 2 aromatic rings. The van der Waals surface area contributed by atoms with E-state index in [2.05, 4.69) is 40.9 Å². The Kier molecular flexibility index (Phi) is 2.55. The third kappa shape index (κ3) is 2.07. The fourth-order valence-corrected chi connectivity index (χ4v) is 1.43. The third-order valence-corrected chi connectivity index (χ3v) is 2.17. The molecule has 78 valence electrons. The standard InChI is InChI=1S/C8H7BrN4O2/c1-15-8(14)13-7-11-4-2-6(9)10-3-5(4)12-7/h2-3H,1H3,(H2,11,12,13,14). The van der Waals surface area contributed by atoms with Crippen LogP contribution < -0.4 is 5.32 Å². The number of pyridine rings is 1. The molecule has 1 amide bonds. The van der Waals surface area contributed by atoms with Crippen LogP contribution in [0.1, 0.15) is 0 Å². The summed E-state index contributed by atoms with van der Waals surface area (Å²) in [6.45, 7) is 0. The van der Waals surface area contributed by atoms with E-state index in [1.807, 2.05) is 0 Å². The van der Waals surface area contributed by atoms with Crippen LogP contribution in [0.3, 0.4) is 0 Å². The molecule has 0 bridgehead atoms. The number of ether oxygens (including phenoxy) is 1. The summed E-state index contributed by atoms with van der Waals surface area (Å²) in [4.78, 5) is 21.9. The topological polar surface area (TPSA) is 79.9 Å². The Morgan fingerprint density at radius 2 is 2.47 bits per heavy atom. The molecule has 0 atom stereocenters. The highest BCUT2D eigenvalue weighted by Gasteiger charge is 2.06. The average Bonchev–Trinajstić information content (AvgIpc) is 2.59. The Morgan fingerprint density at radius 1 is 1.67 bits per heavy atom. The Morgan fingerprint density at radius 3 is 3.20 bits per heavy atom. The number of imidazole rings is 1. The lowest BCUT2D eigenvalue weighted by Crippen LogP contribution is -2.11. The second-order valence-corrected chi connectivity index (χ2v) is 3.54. The lowest BCUT2D eigenvalue weighted by atomic mass is 10.4. The third-order valence-electron chi connectivity index (χ3n) is 1.74. The first-order chi connectivity index (χ1) is 7.19. The molecule has 2 N–H and O–H groups in total. The first-order valence-electron chi connectivity index (χ1n) is 4.05. The van der Waals surface area contributed by atoms with Crippen molar-refractivity contribution in [1.82, 2.24) is 15.0 Å². The number of carbonyl (C=O) groups is 1. The second-order valence-electron chi connectivity index (χ2n) is 2.73. The molecule has 2 rings (SSSR count). The number of nitrogens with zero attached hydrogens (tertiary/aromatic N) is 2. The summed E-state index contributed by atoms with van der Waals surface area (Å²) in [6.07, 6.45) is 1.03. The van der Waals surface area contributed by atoms with Crippen molar-refractivity contribution in [2.24, 2.45) is 0 Å². The molecule has 2 aromatic heterocycles. The summed E-state index contributed by atoms with van der Waals surface area (Å²) in [5.41, 5.74) is 1.45. The molecule has 0 unspecified atom stereocenters. The molecule has 0 radical (unpaired) electrons. The molecular weight excluding hydrogens is 264 g/mol. The molecule has 15 heavy (non-hydrogen) atoms. The number of H-pyrrole nitrogens is 1. The average molecular weight is 271 g/mol. The van der Waals surface area contributed by atoms with Crippen LogP contribution in [0, 0.1) is 0 Å². The largest absolute Gasteiger partial charge is 0.453 e. The molecule has 0 aromatic carbocycles. The van der Waals surface area contributed by atoms with E-state index in [1.54, 1.807) is 12.3 Å². The number of carbonyl (C=O) groups excluding carboxylic acids is 1. The van der Waals surface area contributed by atoms with Crippen LogP contribution in [-0.2, 0) is 4.74 Å². The minimum Gasteiger partial charge on any atom is -0.453 e. The van der Waals surface area contributed by atoms with Gasteiger partial charge >= 0.3 is 6.09 Å². The number of fused-ring (bicyclic) bond motifs is 1. The van der Waals surface area contributed by atoms with E-state index in [4.69, 9.17) is 0 Å². The molecular formula is C8H7BrN4O2. The van der Waals surface area contributed by atoms with Gasteiger partial charge in [0.1, 0.15) is 10.1 Å². The van der Waals surface area contributed by atoms with E-state index in [0.717, 1.165) is 5.52 Å². The van der Waals surface area contributed by atoms with Crippen LogP contribution in [-0.4, -0.2) is 28.2 Å². The molecule has 6 nitrogen and oxygen atoms in total. The predicted octanol–water partition coefficient (Wildman–Crippen LogP) is 1.90. The number of anilines is 1. The van der Waals surface area contributed by atoms with E-state index in [-0.39, 0.29) is 0 Å². The fourth-order valence-electron chi connectivity index (χ4n) is 1.09. The number of hydrogen-bond donors (Lipinski definition) is 2. The van der Waals surface area contributed by atoms with E-state index >= 15 is 0 Å². The maximum absolute atomic E-state index is 10.9. The number of rotatable bonds is 1. The summed E-state index contributed by atoms with van der Waals surface area (Å²) in [7, 11) is 1.29. The molecule has 0 aliphatic heterocycles. The first-order valence-corrected chi connectivity index (χ1v) is 4.84. The van der Waals surface area contributed by atoms with Gasteiger partial charge in [-0.05, 0) is 22.0 Å².